The number of carboxylic acid groups (broad SMARTS) is 1. The predicted octanol–water partition coefficient (Wildman–Crippen LogP) is 3.37. The minimum atomic E-state index is -1.03. The van der Waals surface area contributed by atoms with Crippen LogP contribution >= 0.6 is 0 Å². The maximum atomic E-state index is 11.6. The van der Waals surface area contributed by atoms with E-state index < -0.39 is 12.1 Å². The minimum Gasteiger partial charge on any atom is -0.479 e. The summed E-state index contributed by atoms with van der Waals surface area (Å²) in [5.74, 6) is -0.562. The van der Waals surface area contributed by atoms with E-state index in [1.54, 1.807) is 23.4 Å². The summed E-state index contributed by atoms with van der Waals surface area (Å²) in [7, 11) is 0. The van der Waals surface area contributed by atoms with Gasteiger partial charge in [0, 0.05) is 24.0 Å². The molecule has 1 atom stereocenters. The Hall–Kier alpha value is -3.87. The number of carbonyl (C=O) groups is 1. The van der Waals surface area contributed by atoms with Crippen LogP contribution in [-0.4, -0.2) is 46.6 Å². The number of benzene rings is 1. The van der Waals surface area contributed by atoms with Crippen LogP contribution < -0.4 is 4.74 Å². The molecule has 0 aliphatic carbocycles. The van der Waals surface area contributed by atoms with Gasteiger partial charge in [-0.1, -0.05) is 30.4 Å². The van der Waals surface area contributed by atoms with Crippen molar-refractivity contribution in [2.45, 2.75) is 6.10 Å². The second kappa shape index (κ2) is 8.43. The average molecular weight is 389 g/mol. The van der Waals surface area contributed by atoms with Crippen LogP contribution in [0.1, 0.15) is 5.56 Å². The van der Waals surface area contributed by atoms with Crippen molar-refractivity contribution in [3.8, 4) is 5.88 Å². The van der Waals surface area contributed by atoms with Gasteiger partial charge in [0.1, 0.15) is 18.4 Å². The molecule has 4 rings (SSSR count). The molecule has 1 aromatic heterocycles. The number of pyridine rings is 1. The van der Waals surface area contributed by atoms with E-state index >= 15 is 0 Å². The van der Waals surface area contributed by atoms with E-state index in [9.17, 15) is 9.90 Å². The standard InChI is InChI=1S/C22H19N3O4/c26-22(27)20-13-18-14-25(20)10-9-23-15-28-11-3-1-2-4-16-5-6-17-7-8-24-21(29-18)19(17)12-16/h1-10,12-13,15,18H,11,14H2,(H,26,27)/b3-1+,4-2+,10-9+,23-15?. The van der Waals surface area contributed by atoms with Gasteiger partial charge < -0.3 is 19.5 Å². The molecule has 1 N–H and O–H groups in total. The normalized spacial score (nSPS) is 22.1. The van der Waals surface area contributed by atoms with E-state index in [1.807, 2.05) is 48.6 Å². The maximum absolute atomic E-state index is 11.6. The first kappa shape index (κ1) is 18.5. The molecule has 3 heterocycles. The zero-order valence-corrected chi connectivity index (χ0v) is 15.5. The van der Waals surface area contributed by atoms with Gasteiger partial charge in [-0.15, -0.1) is 0 Å². The lowest BCUT2D eigenvalue weighted by Crippen LogP contribution is -2.24. The fraction of sp³-hybridized carbons (Fsp3) is 0.136. The smallest absolute Gasteiger partial charge is 0.352 e. The first-order chi connectivity index (χ1) is 14.2. The lowest BCUT2D eigenvalue weighted by Gasteiger charge is -2.17. The van der Waals surface area contributed by atoms with E-state index in [0.29, 0.717) is 19.0 Å². The third kappa shape index (κ3) is 4.35. The quantitative estimate of drug-likeness (QED) is 0.805. The predicted molar refractivity (Wildman–Crippen MR) is 110 cm³/mol. The van der Waals surface area contributed by atoms with Crippen LogP contribution in [-0.2, 0) is 9.53 Å². The maximum Gasteiger partial charge on any atom is 0.352 e. The van der Waals surface area contributed by atoms with Gasteiger partial charge in [0.25, 0.3) is 0 Å². The van der Waals surface area contributed by atoms with Crippen molar-refractivity contribution >= 4 is 29.2 Å². The molecule has 7 heteroatoms. The van der Waals surface area contributed by atoms with Crippen LogP contribution in [0.4, 0.5) is 0 Å². The number of fused-ring (bicyclic) bond motifs is 3. The van der Waals surface area contributed by atoms with Gasteiger partial charge in [-0.05, 0) is 35.2 Å². The summed E-state index contributed by atoms with van der Waals surface area (Å²) in [6.07, 6.45) is 14.9. The summed E-state index contributed by atoms with van der Waals surface area (Å²) in [6.45, 7) is 0.724. The van der Waals surface area contributed by atoms with Crippen molar-refractivity contribution in [1.29, 1.82) is 0 Å². The molecule has 29 heavy (non-hydrogen) atoms. The number of ether oxygens (including phenoxy) is 2. The summed E-state index contributed by atoms with van der Waals surface area (Å²) < 4.78 is 11.3. The zero-order chi connectivity index (χ0) is 20.1. The molecule has 7 nitrogen and oxygen atoms in total. The molecule has 146 valence electrons. The lowest BCUT2D eigenvalue weighted by atomic mass is 10.1. The Morgan fingerprint density at radius 3 is 3.07 bits per heavy atom. The molecule has 2 aliphatic rings. The Bertz CT molecular complexity index is 1070. The van der Waals surface area contributed by atoms with Crippen molar-refractivity contribution in [3.05, 3.63) is 78.4 Å². The molecule has 0 saturated carbocycles. The molecule has 0 radical (unpaired) electrons. The summed E-state index contributed by atoms with van der Waals surface area (Å²) >= 11 is 0. The first-order valence-corrected chi connectivity index (χ1v) is 9.11. The Balaban J connectivity index is 1.73. The van der Waals surface area contributed by atoms with E-state index in [4.69, 9.17) is 9.47 Å². The van der Waals surface area contributed by atoms with E-state index in [-0.39, 0.29) is 5.70 Å². The Morgan fingerprint density at radius 1 is 1.24 bits per heavy atom. The van der Waals surface area contributed by atoms with Crippen LogP contribution in [0.25, 0.3) is 16.8 Å². The van der Waals surface area contributed by atoms with E-state index in [0.717, 1.165) is 16.3 Å². The number of rotatable bonds is 1. The number of aromatic nitrogens is 1. The summed E-state index contributed by atoms with van der Waals surface area (Å²) in [5.41, 5.74) is 1.13. The lowest BCUT2D eigenvalue weighted by molar-refractivity contribution is -0.133. The van der Waals surface area contributed by atoms with Crippen molar-refractivity contribution in [2.24, 2.45) is 4.99 Å². The monoisotopic (exact) mass is 389 g/mol. The third-order valence-electron chi connectivity index (χ3n) is 4.46. The molecular formula is C22H19N3O4. The molecule has 4 bridgehead atoms. The highest BCUT2D eigenvalue weighted by Crippen LogP contribution is 2.28. The Morgan fingerprint density at radius 2 is 2.17 bits per heavy atom. The van der Waals surface area contributed by atoms with Crippen LogP contribution in [0.2, 0.25) is 0 Å². The van der Waals surface area contributed by atoms with Gasteiger partial charge in [0.05, 0.1) is 6.54 Å². The molecule has 2 aliphatic heterocycles. The third-order valence-corrected chi connectivity index (χ3v) is 4.46. The topological polar surface area (TPSA) is 84.2 Å². The molecule has 0 amide bonds. The van der Waals surface area contributed by atoms with Gasteiger partial charge in [-0.25, -0.2) is 14.8 Å². The highest BCUT2D eigenvalue weighted by atomic mass is 16.5. The number of allylic oxidation sites excluding steroid dienone is 2. The van der Waals surface area contributed by atoms with Gasteiger partial charge in [0.2, 0.25) is 5.88 Å². The molecule has 0 spiro atoms. The summed E-state index contributed by atoms with van der Waals surface area (Å²) in [6, 6.07) is 7.94. The van der Waals surface area contributed by atoms with E-state index in [2.05, 4.69) is 9.98 Å². The second-order valence-electron chi connectivity index (χ2n) is 6.44. The fourth-order valence-corrected chi connectivity index (χ4v) is 3.12. The SMILES string of the molecule is O=C(O)C1=CC2CN1/C=C/N=COC/C=C/C=C/c1ccc3ccnc(c3c1)O2. The number of nitrogens with zero attached hydrogens (tertiary/aromatic N) is 3. The van der Waals surface area contributed by atoms with Crippen LogP contribution in [0, 0.1) is 0 Å². The second-order valence-corrected chi connectivity index (χ2v) is 6.44. The molecule has 1 aromatic carbocycles. The highest BCUT2D eigenvalue weighted by molar-refractivity contribution is 5.89. The van der Waals surface area contributed by atoms with Crippen LogP contribution in [0.15, 0.2) is 77.9 Å². The summed E-state index contributed by atoms with van der Waals surface area (Å²) in [4.78, 5) is 21.5. The summed E-state index contributed by atoms with van der Waals surface area (Å²) in [5, 5.41) is 11.4. The number of hydrogen-bond acceptors (Lipinski definition) is 6. The Labute approximate surface area is 167 Å². The van der Waals surface area contributed by atoms with Gasteiger partial charge in [-0.2, -0.15) is 0 Å². The fourth-order valence-electron chi connectivity index (χ4n) is 3.12. The van der Waals surface area contributed by atoms with Crippen molar-refractivity contribution < 1.29 is 19.4 Å². The van der Waals surface area contributed by atoms with Gasteiger partial charge in [0.15, 0.2) is 6.40 Å². The van der Waals surface area contributed by atoms with Gasteiger partial charge in [-0.3, -0.25) is 0 Å². The minimum absolute atomic E-state index is 0.132. The first-order valence-electron chi connectivity index (χ1n) is 9.11. The largest absolute Gasteiger partial charge is 0.479 e. The zero-order valence-electron chi connectivity index (χ0n) is 15.5. The molecule has 1 unspecified atom stereocenters. The average Bonchev–Trinajstić information content (AvgIpc) is 3.12. The number of aliphatic imine (C=N–C) groups is 1. The van der Waals surface area contributed by atoms with Crippen LogP contribution in [0.3, 0.4) is 0 Å². The molecule has 0 saturated heterocycles. The van der Waals surface area contributed by atoms with Crippen molar-refractivity contribution in [1.82, 2.24) is 9.88 Å². The van der Waals surface area contributed by atoms with Gasteiger partial charge >= 0.3 is 5.97 Å². The van der Waals surface area contributed by atoms with Crippen molar-refractivity contribution in [3.63, 3.8) is 0 Å². The number of hydrogen-bond donors (Lipinski definition) is 1. The highest BCUT2D eigenvalue weighted by Gasteiger charge is 2.28. The molecule has 2 aromatic rings. The van der Waals surface area contributed by atoms with Crippen LogP contribution in [0.5, 0.6) is 5.88 Å². The number of carboxylic acids is 1. The Kier molecular flexibility index (Phi) is 5.38. The van der Waals surface area contributed by atoms with E-state index in [1.165, 1.54) is 12.6 Å². The molecule has 0 fully saturated rings. The molecular weight excluding hydrogens is 370 g/mol. The number of aliphatic carboxylic acids is 1. The van der Waals surface area contributed by atoms with Crippen molar-refractivity contribution in [2.75, 3.05) is 13.2 Å².